The van der Waals surface area contributed by atoms with Gasteiger partial charge in [0.15, 0.2) is 5.75 Å². The number of ether oxygens (including phenoxy) is 1. The standard InChI is InChI=1S/C13H10FN3O4/c1-21-11-6-5-8(7-10(11)17(19)20)15-13(18)9-3-2-4-12(14)16-9/h2-7H,1H3,(H,15,18). The number of halogens is 1. The molecule has 1 heterocycles. The van der Waals surface area contributed by atoms with Gasteiger partial charge in [0, 0.05) is 11.8 Å². The van der Waals surface area contributed by atoms with E-state index in [1.807, 2.05) is 0 Å². The number of rotatable bonds is 4. The Kier molecular flexibility index (Phi) is 4.07. The molecule has 108 valence electrons. The first-order valence-electron chi connectivity index (χ1n) is 5.77. The number of anilines is 1. The number of nitrogens with one attached hydrogen (secondary N) is 1. The summed E-state index contributed by atoms with van der Waals surface area (Å²) in [6.45, 7) is 0. The number of aromatic nitrogens is 1. The van der Waals surface area contributed by atoms with Crippen LogP contribution in [-0.2, 0) is 0 Å². The Morgan fingerprint density at radius 1 is 1.38 bits per heavy atom. The average molecular weight is 291 g/mol. The second-order valence-electron chi connectivity index (χ2n) is 3.94. The van der Waals surface area contributed by atoms with E-state index in [0.717, 1.165) is 12.1 Å². The van der Waals surface area contributed by atoms with Crippen molar-refractivity contribution in [3.63, 3.8) is 0 Å². The molecule has 1 amide bonds. The normalized spacial score (nSPS) is 10.0. The number of nitrogens with zero attached hydrogens (tertiary/aromatic N) is 2. The van der Waals surface area contributed by atoms with Crippen molar-refractivity contribution in [1.29, 1.82) is 0 Å². The highest BCUT2D eigenvalue weighted by atomic mass is 19.1. The zero-order valence-corrected chi connectivity index (χ0v) is 10.9. The van der Waals surface area contributed by atoms with Crippen molar-refractivity contribution in [1.82, 2.24) is 4.98 Å². The molecule has 0 bridgehead atoms. The fourth-order valence-corrected chi connectivity index (χ4v) is 1.64. The second-order valence-corrected chi connectivity index (χ2v) is 3.94. The smallest absolute Gasteiger partial charge is 0.312 e. The molecular formula is C13H10FN3O4. The van der Waals surface area contributed by atoms with Gasteiger partial charge in [-0.05, 0) is 24.3 Å². The summed E-state index contributed by atoms with van der Waals surface area (Å²) in [4.78, 5) is 25.5. The Morgan fingerprint density at radius 3 is 2.76 bits per heavy atom. The van der Waals surface area contributed by atoms with E-state index in [2.05, 4.69) is 10.3 Å². The number of hydrogen-bond acceptors (Lipinski definition) is 5. The van der Waals surface area contributed by atoms with Gasteiger partial charge in [-0.25, -0.2) is 4.98 Å². The van der Waals surface area contributed by atoms with Crippen molar-refractivity contribution in [2.24, 2.45) is 0 Å². The van der Waals surface area contributed by atoms with Crippen LogP contribution in [0.25, 0.3) is 0 Å². The van der Waals surface area contributed by atoms with E-state index < -0.39 is 16.8 Å². The lowest BCUT2D eigenvalue weighted by molar-refractivity contribution is -0.385. The number of hydrogen-bond donors (Lipinski definition) is 1. The SMILES string of the molecule is COc1ccc(NC(=O)c2cccc(F)n2)cc1[N+](=O)[O-]. The van der Waals surface area contributed by atoms with Crippen LogP contribution in [0.15, 0.2) is 36.4 Å². The van der Waals surface area contributed by atoms with Crippen molar-refractivity contribution in [3.8, 4) is 5.75 Å². The summed E-state index contributed by atoms with van der Waals surface area (Å²) in [5.74, 6) is -1.39. The molecule has 0 radical (unpaired) electrons. The summed E-state index contributed by atoms with van der Waals surface area (Å²) in [5.41, 5.74) is -0.241. The highest BCUT2D eigenvalue weighted by Gasteiger charge is 2.17. The summed E-state index contributed by atoms with van der Waals surface area (Å²) in [7, 11) is 1.30. The lowest BCUT2D eigenvalue weighted by Gasteiger charge is -2.06. The van der Waals surface area contributed by atoms with E-state index in [1.165, 1.54) is 31.4 Å². The lowest BCUT2D eigenvalue weighted by atomic mass is 10.2. The number of pyridine rings is 1. The first kappa shape index (κ1) is 14.4. The number of amides is 1. The molecule has 0 unspecified atom stereocenters. The number of carbonyl (C=O) groups excluding carboxylic acids is 1. The van der Waals surface area contributed by atoms with Crippen molar-refractivity contribution in [3.05, 3.63) is 58.2 Å². The van der Waals surface area contributed by atoms with Gasteiger partial charge in [0.1, 0.15) is 5.69 Å². The minimum Gasteiger partial charge on any atom is -0.490 e. The van der Waals surface area contributed by atoms with Crippen molar-refractivity contribution in [2.75, 3.05) is 12.4 Å². The Morgan fingerprint density at radius 2 is 2.14 bits per heavy atom. The van der Waals surface area contributed by atoms with Crippen LogP contribution in [0.3, 0.4) is 0 Å². The van der Waals surface area contributed by atoms with E-state index in [4.69, 9.17) is 4.74 Å². The topological polar surface area (TPSA) is 94.4 Å². The Labute approximate surface area is 118 Å². The van der Waals surface area contributed by atoms with Crippen LogP contribution < -0.4 is 10.1 Å². The van der Waals surface area contributed by atoms with Crippen LogP contribution in [0.1, 0.15) is 10.5 Å². The van der Waals surface area contributed by atoms with Gasteiger partial charge in [-0.3, -0.25) is 14.9 Å². The third-order valence-corrected chi connectivity index (χ3v) is 2.58. The molecule has 7 nitrogen and oxygen atoms in total. The Balaban J connectivity index is 2.25. The number of nitro groups is 1. The maximum atomic E-state index is 12.9. The van der Waals surface area contributed by atoms with Crippen molar-refractivity contribution in [2.45, 2.75) is 0 Å². The first-order chi connectivity index (χ1) is 10.0. The highest BCUT2D eigenvalue weighted by molar-refractivity contribution is 6.03. The molecule has 0 aliphatic heterocycles. The predicted molar refractivity (Wildman–Crippen MR) is 71.8 cm³/mol. The monoisotopic (exact) mass is 291 g/mol. The third kappa shape index (κ3) is 3.30. The maximum Gasteiger partial charge on any atom is 0.312 e. The van der Waals surface area contributed by atoms with Gasteiger partial charge in [-0.15, -0.1) is 0 Å². The fraction of sp³-hybridized carbons (Fsp3) is 0.0769. The van der Waals surface area contributed by atoms with Gasteiger partial charge in [-0.2, -0.15) is 4.39 Å². The van der Waals surface area contributed by atoms with Gasteiger partial charge in [0.2, 0.25) is 5.95 Å². The number of benzene rings is 1. The molecule has 8 heteroatoms. The Bertz CT molecular complexity index is 706. The van der Waals surface area contributed by atoms with E-state index in [9.17, 15) is 19.3 Å². The molecule has 1 aromatic heterocycles. The zero-order valence-electron chi connectivity index (χ0n) is 10.9. The van der Waals surface area contributed by atoms with Crippen molar-refractivity contribution < 1.29 is 18.8 Å². The molecule has 0 fully saturated rings. The van der Waals surface area contributed by atoms with Gasteiger partial charge >= 0.3 is 5.69 Å². The van der Waals surface area contributed by atoms with Crippen LogP contribution in [0.5, 0.6) is 5.75 Å². The van der Waals surface area contributed by atoms with Crippen LogP contribution in [-0.4, -0.2) is 22.9 Å². The first-order valence-corrected chi connectivity index (χ1v) is 5.77. The van der Waals surface area contributed by atoms with Crippen LogP contribution in [0.2, 0.25) is 0 Å². The van der Waals surface area contributed by atoms with Crippen LogP contribution >= 0.6 is 0 Å². The van der Waals surface area contributed by atoms with Crippen molar-refractivity contribution >= 4 is 17.3 Å². The van der Waals surface area contributed by atoms with Gasteiger partial charge in [0.25, 0.3) is 5.91 Å². The average Bonchev–Trinajstić information content (AvgIpc) is 2.47. The second kappa shape index (κ2) is 5.95. The quantitative estimate of drug-likeness (QED) is 0.530. The largest absolute Gasteiger partial charge is 0.490 e. The van der Waals surface area contributed by atoms with Crippen LogP contribution in [0, 0.1) is 16.1 Å². The van der Waals surface area contributed by atoms with E-state index >= 15 is 0 Å². The molecule has 0 spiro atoms. The molecule has 0 atom stereocenters. The van der Waals surface area contributed by atoms with E-state index in [0.29, 0.717) is 0 Å². The molecule has 2 aromatic rings. The molecule has 0 saturated heterocycles. The maximum absolute atomic E-state index is 12.9. The van der Waals surface area contributed by atoms with Crippen LogP contribution in [0.4, 0.5) is 15.8 Å². The molecule has 0 aliphatic rings. The van der Waals surface area contributed by atoms with Gasteiger partial charge < -0.3 is 10.1 Å². The summed E-state index contributed by atoms with van der Waals surface area (Å²) in [6, 6.07) is 7.71. The van der Waals surface area contributed by atoms with E-state index in [-0.39, 0.29) is 22.8 Å². The summed E-state index contributed by atoms with van der Waals surface area (Å²) in [6.07, 6.45) is 0. The third-order valence-electron chi connectivity index (χ3n) is 2.58. The van der Waals surface area contributed by atoms with E-state index in [1.54, 1.807) is 0 Å². The summed E-state index contributed by atoms with van der Waals surface area (Å²) in [5, 5.41) is 13.3. The predicted octanol–water partition coefficient (Wildman–Crippen LogP) is 2.39. The molecule has 0 saturated carbocycles. The minimum absolute atomic E-state index is 0.0712. The molecule has 21 heavy (non-hydrogen) atoms. The minimum atomic E-state index is -0.789. The number of methoxy groups -OCH3 is 1. The molecular weight excluding hydrogens is 281 g/mol. The van der Waals surface area contributed by atoms with Gasteiger partial charge in [0.05, 0.1) is 12.0 Å². The summed E-state index contributed by atoms with van der Waals surface area (Å²) >= 11 is 0. The zero-order chi connectivity index (χ0) is 15.4. The molecule has 1 N–H and O–H groups in total. The molecule has 2 rings (SSSR count). The Hall–Kier alpha value is -3.03. The molecule has 1 aromatic carbocycles. The summed E-state index contributed by atoms with van der Waals surface area (Å²) < 4.78 is 17.8. The fourth-order valence-electron chi connectivity index (χ4n) is 1.64. The number of carbonyl (C=O) groups is 1. The lowest BCUT2D eigenvalue weighted by Crippen LogP contribution is -2.14. The number of nitro benzene ring substituents is 1. The van der Waals surface area contributed by atoms with Gasteiger partial charge in [-0.1, -0.05) is 6.07 Å². The highest BCUT2D eigenvalue weighted by Crippen LogP contribution is 2.29. The molecule has 0 aliphatic carbocycles.